The fraction of sp³-hybridized carbons (Fsp3) is 0.600. The van der Waals surface area contributed by atoms with Gasteiger partial charge in [-0.2, -0.15) is 0 Å². The molecule has 2 atom stereocenters. The molecule has 0 bridgehead atoms. The van der Waals surface area contributed by atoms with E-state index in [0.29, 0.717) is 6.04 Å². The maximum Gasteiger partial charge on any atom is 0.0261 e. The number of aryl methyl sites for hydroxylation is 1. The predicted molar refractivity (Wildman–Crippen MR) is 73.1 cm³/mol. The zero-order valence-electron chi connectivity index (χ0n) is 11.2. The predicted octanol–water partition coefficient (Wildman–Crippen LogP) is 2.42. The van der Waals surface area contributed by atoms with E-state index in [9.17, 15) is 0 Å². The lowest BCUT2D eigenvalue weighted by Gasteiger charge is -2.28. The first-order valence-electron chi connectivity index (χ1n) is 6.67. The zero-order chi connectivity index (χ0) is 12.3. The van der Waals surface area contributed by atoms with Gasteiger partial charge in [0.25, 0.3) is 0 Å². The van der Waals surface area contributed by atoms with Gasteiger partial charge in [-0.05, 0) is 37.6 Å². The lowest BCUT2D eigenvalue weighted by atomic mass is 9.99. The van der Waals surface area contributed by atoms with Crippen molar-refractivity contribution in [2.75, 3.05) is 20.1 Å². The second-order valence-electron chi connectivity index (χ2n) is 5.24. The molecule has 0 amide bonds. The van der Waals surface area contributed by atoms with Crippen LogP contribution in [0.15, 0.2) is 24.3 Å². The van der Waals surface area contributed by atoms with Crippen LogP contribution in [0.3, 0.4) is 0 Å². The first kappa shape index (κ1) is 12.6. The van der Waals surface area contributed by atoms with Gasteiger partial charge in [-0.1, -0.05) is 37.6 Å². The van der Waals surface area contributed by atoms with E-state index in [4.69, 9.17) is 0 Å². The largest absolute Gasteiger partial charge is 0.315 e. The Bertz CT molecular complexity index is 362. The Hall–Kier alpha value is -0.860. The first-order valence-corrected chi connectivity index (χ1v) is 6.67. The molecular formula is C15H24N2. The number of hydrogen-bond donors (Lipinski definition) is 1. The molecule has 1 aliphatic heterocycles. The van der Waals surface area contributed by atoms with Crippen molar-refractivity contribution in [3.8, 4) is 0 Å². The Labute approximate surface area is 105 Å². The molecule has 0 radical (unpaired) electrons. The van der Waals surface area contributed by atoms with Crippen LogP contribution >= 0.6 is 0 Å². The SMILES string of the molecule is CCC1CNCC1N(C)Cc1ccccc1C. The van der Waals surface area contributed by atoms with Gasteiger partial charge in [0, 0.05) is 19.1 Å². The van der Waals surface area contributed by atoms with Gasteiger partial charge in [0.15, 0.2) is 0 Å². The third-order valence-corrected chi connectivity index (χ3v) is 4.08. The molecule has 94 valence electrons. The standard InChI is InChI=1S/C15H24N2/c1-4-13-9-16-10-15(13)17(3)11-14-8-6-5-7-12(14)2/h5-8,13,15-16H,4,9-11H2,1-3H3. The maximum absolute atomic E-state index is 3.51. The second-order valence-corrected chi connectivity index (χ2v) is 5.24. The molecule has 1 aromatic rings. The van der Waals surface area contributed by atoms with Crippen molar-refractivity contribution in [3.63, 3.8) is 0 Å². The van der Waals surface area contributed by atoms with Gasteiger partial charge in [-0.15, -0.1) is 0 Å². The number of benzene rings is 1. The molecule has 2 unspecified atom stereocenters. The van der Waals surface area contributed by atoms with Crippen LogP contribution < -0.4 is 5.32 Å². The van der Waals surface area contributed by atoms with E-state index in [1.165, 1.54) is 24.1 Å². The summed E-state index contributed by atoms with van der Waals surface area (Å²) in [5.74, 6) is 0.809. The summed E-state index contributed by atoms with van der Waals surface area (Å²) >= 11 is 0. The van der Waals surface area contributed by atoms with Gasteiger partial charge in [-0.25, -0.2) is 0 Å². The summed E-state index contributed by atoms with van der Waals surface area (Å²) in [6.45, 7) is 7.88. The summed E-state index contributed by atoms with van der Waals surface area (Å²) in [5.41, 5.74) is 2.86. The molecule has 0 spiro atoms. The number of hydrogen-bond acceptors (Lipinski definition) is 2. The van der Waals surface area contributed by atoms with Gasteiger partial charge in [-0.3, -0.25) is 4.90 Å². The Balaban J connectivity index is 2.01. The van der Waals surface area contributed by atoms with E-state index in [-0.39, 0.29) is 0 Å². The van der Waals surface area contributed by atoms with Gasteiger partial charge in [0.05, 0.1) is 0 Å². The summed E-state index contributed by atoms with van der Waals surface area (Å²) < 4.78 is 0. The van der Waals surface area contributed by atoms with Crippen LogP contribution in [0.5, 0.6) is 0 Å². The fourth-order valence-corrected chi connectivity index (χ4v) is 2.82. The van der Waals surface area contributed by atoms with Crippen LogP contribution in [0.2, 0.25) is 0 Å². The van der Waals surface area contributed by atoms with Gasteiger partial charge >= 0.3 is 0 Å². The third kappa shape index (κ3) is 2.88. The highest BCUT2D eigenvalue weighted by Gasteiger charge is 2.28. The number of nitrogens with zero attached hydrogens (tertiary/aromatic N) is 1. The molecule has 1 aromatic carbocycles. The van der Waals surface area contributed by atoms with Crippen LogP contribution in [0.1, 0.15) is 24.5 Å². The molecule has 1 N–H and O–H groups in total. The van der Waals surface area contributed by atoms with E-state index >= 15 is 0 Å². The van der Waals surface area contributed by atoms with Crippen molar-refractivity contribution < 1.29 is 0 Å². The Kier molecular flexibility index (Phi) is 4.19. The van der Waals surface area contributed by atoms with E-state index in [0.717, 1.165) is 19.0 Å². The minimum absolute atomic E-state index is 0.694. The van der Waals surface area contributed by atoms with Crippen molar-refractivity contribution >= 4 is 0 Å². The Morgan fingerprint density at radius 3 is 2.76 bits per heavy atom. The highest BCUT2D eigenvalue weighted by Crippen LogP contribution is 2.20. The van der Waals surface area contributed by atoms with Crippen molar-refractivity contribution in [2.45, 2.75) is 32.9 Å². The monoisotopic (exact) mass is 232 g/mol. The van der Waals surface area contributed by atoms with Crippen LogP contribution in [-0.4, -0.2) is 31.1 Å². The fourth-order valence-electron chi connectivity index (χ4n) is 2.82. The Morgan fingerprint density at radius 1 is 1.29 bits per heavy atom. The molecule has 1 heterocycles. The smallest absolute Gasteiger partial charge is 0.0261 e. The molecule has 1 aliphatic rings. The van der Waals surface area contributed by atoms with E-state index in [1.54, 1.807) is 0 Å². The van der Waals surface area contributed by atoms with E-state index in [2.05, 4.69) is 55.4 Å². The summed E-state index contributed by atoms with van der Waals surface area (Å²) in [6, 6.07) is 9.40. The molecule has 2 rings (SSSR count). The number of rotatable bonds is 4. The lowest BCUT2D eigenvalue weighted by molar-refractivity contribution is 0.200. The molecule has 2 heteroatoms. The average Bonchev–Trinajstić information content (AvgIpc) is 2.80. The first-order chi connectivity index (χ1) is 8.22. The number of likely N-dealkylation sites (N-methyl/N-ethyl adjacent to an activating group) is 1. The van der Waals surface area contributed by atoms with Crippen molar-refractivity contribution in [1.29, 1.82) is 0 Å². The van der Waals surface area contributed by atoms with E-state index in [1.807, 2.05) is 0 Å². The molecule has 0 saturated carbocycles. The van der Waals surface area contributed by atoms with Crippen molar-refractivity contribution in [2.24, 2.45) is 5.92 Å². The molecule has 1 fully saturated rings. The van der Waals surface area contributed by atoms with Gasteiger partial charge in [0.2, 0.25) is 0 Å². The highest BCUT2D eigenvalue weighted by atomic mass is 15.2. The van der Waals surface area contributed by atoms with Gasteiger partial charge in [0.1, 0.15) is 0 Å². The van der Waals surface area contributed by atoms with Crippen LogP contribution in [0.4, 0.5) is 0 Å². The van der Waals surface area contributed by atoms with E-state index < -0.39 is 0 Å². The summed E-state index contributed by atoms with van der Waals surface area (Å²) in [6.07, 6.45) is 1.27. The quantitative estimate of drug-likeness (QED) is 0.857. The molecule has 0 aromatic heterocycles. The maximum atomic E-state index is 3.51. The van der Waals surface area contributed by atoms with Gasteiger partial charge < -0.3 is 5.32 Å². The minimum atomic E-state index is 0.694. The van der Waals surface area contributed by atoms with Crippen molar-refractivity contribution in [3.05, 3.63) is 35.4 Å². The van der Waals surface area contributed by atoms with Crippen LogP contribution in [-0.2, 0) is 6.54 Å². The average molecular weight is 232 g/mol. The molecular weight excluding hydrogens is 208 g/mol. The summed E-state index contributed by atoms with van der Waals surface area (Å²) in [5, 5.41) is 3.51. The van der Waals surface area contributed by atoms with Crippen LogP contribution in [0, 0.1) is 12.8 Å². The Morgan fingerprint density at radius 2 is 2.06 bits per heavy atom. The normalized spacial score (nSPS) is 24.5. The van der Waals surface area contributed by atoms with Crippen LogP contribution in [0.25, 0.3) is 0 Å². The van der Waals surface area contributed by atoms with Crippen molar-refractivity contribution in [1.82, 2.24) is 10.2 Å². The zero-order valence-corrected chi connectivity index (χ0v) is 11.2. The molecule has 2 nitrogen and oxygen atoms in total. The summed E-state index contributed by atoms with van der Waals surface area (Å²) in [4.78, 5) is 2.51. The topological polar surface area (TPSA) is 15.3 Å². The second kappa shape index (κ2) is 5.65. The summed E-state index contributed by atoms with van der Waals surface area (Å²) in [7, 11) is 2.26. The molecule has 1 saturated heterocycles. The minimum Gasteiger partial charge on any atom is -0.315 e. The third-order valence-electron chi connectivity index (χ3n) is 4.08. The highest BCUT2D eigenvalue weighted by molar-refractivity contribution is 5.25. The molecule has 17 heavy (non-hydrogen) atoms. The number of nitrogens with one attached hydrogen (secondary N) is 1. The lowest BCUT2D eigenvalue weighted by Crippen LogP contribution is -2.37. The molecule has 0 aliphatic carbocycles.